The van der Waals surface area contributed by atoms with Gasteiger partial charge in [0.15, 0.2) is 11.3 Å². The van der Waals surface area contributed by atoms with Crippen LogP contribution in [0.1, 0.15) is 31.9 Å². The van der Waals surface area contributed by atoms with Crippen LogP contribution in [-0.2, 0) is 6.18 Å². The molecule has 0 atom stereocenters. The first-order valence-corrected chi connectivity index (χ1v) is 6.92. The summed E-state index contributed by atoms with van der Waals surface area (Å²) in [5.74, 6) is -1.50. The third kappa shape index (κ3) is 3.29. The Morgan fingerprint density at radius 3 is 2.26 bits per heavy atom. The second kappa shape index (κ2) is 5.40. The van der Waals surface area contributed by atoms with Crippen LogP contribution < -0.4 is 10.4 Å². The number of ether oxygens (including phenoxy) is 1. The first kappa shape index (κ1) is 17.6. The lowest BCUT2D eigenvalue weighted by Crippen LogP contribution is -2.24. The van der Waals surface area contributed by atoms with Crippen molar-refractivity contribution in [2.45, 2.75) is 39.5 Å². The highest BCUT2D eigenvalue weighted by molar-refractivity contribution is 6.32. The van der Waals surface area contributed by atoms with Gasteiger partial charge >= 0.3 is 11.8 Å². The van der Waals surface area contributed by atoms with E-state index in [-0.39, 0.29) is 16.2 Å². The van der Waals surface area contributed by atoms with E-state index in [1.165, 1.54) is 0 Å². The second-order valence-corrected chi connectivity index (χ2v) is 6.39. The Morgan fingerprint density at radius 2 is 1.78 bits per heavy atom. The molecule has 0 spiro atoms. The average Bonchev–Trinajstić information content (AvgIpc) is 2.33. The van der Waals surface area contributed by atoms with Gasteiger partial charge in [0.05, 0.1) is 5.02 Å². The third-order valence-electron chi connectivity index (χ3n) is 3.00. The van der Waals surface area contributed by atoms with Crippen molar-refractivity contribution in [1.82, 2.24) is 0 Å². The van der Waals surface area contributed by atoms with Crippen LogP contribution in [0.25, 0.3) is 11.0 Å². The number of benzene rings is 1. The molecule has 0 bridgehead atoms. The van der Waals surface area contributed by atoms with Crippen LogP contribution in [0.4, 0.5) is 17.6 Å². The molecule has 126 valence electrons. The van der Waals surface area contributed by atoms with Crippen molar-refractivity contribution in [1.29, 1.82) is 0 Å². The molecule has 0 unspecified atom stereocenters. The predicted molar refractivity (Wildman–Crippen MR) is 77.6 cm³/mol. The average molecular weight is 353 g/mol. The van der Waals surface area contributed by atoms with Crippen molar-refractivity contribution in [3.05, 3.63) is 38.5 Å². The van der Waals surface area contributed by atoms with Crippen molar-refractivity contribution in [2.24, 2.45) is 0 Å². The highest BCUT2D eigenvalue weighted by atomic mass is 35.5. The monoisotopic (exact) mass is 352 g/mol. The number of hydrogen-bond donors (Lipinski definition) is 0. The molecule has 0 aliphatic carbocycles. The van der Waals surface area contributed by atoms with Crippen LogP contribution in [0.2, 0.25) is 5.02 Å². The Bertz CT molecular complexity index is 832. The highest BCUT2D eigenvalue weighted by Gasteiger charge is 2.38. The van der Waals surface area contributed by atoms with Gasteiger partial charge in [0, 0.05) is 5.39 Å². The molecule has 0 aliphatic heterocycles. The fraction of sp³-hybridized carbons (Fsp3) is 0.400. The van der Waals surface area contributed by atoms with E-state index in [2.05, 4.69) is 4.42 Å². The van der Waals surface area contributed by atoms with Gasteiger partial charge in [-0.25, -0.2) is 4.79 Å². The zero-order valence-corrected chi connectivity index (χ0v) is 13.4. The van der Waals surface area contributed by atoms with Crippen molar-refractivity contribution >= 4 is 22.6 Å². The molecule has 2 aromatic rings. The van der Waals surface area contributed by atoms with Crippen molar-refractivity contribution < 1.29 is 26.7 Å². The molecule has 2 rings (SSSR count). The summed E-state index contributed by atoms with van der Waals surface area (Å²) in [6, 6.07) is 1.09. The number of hydrogen-bond acceptors (Lipinski definition) is 3. The van der Waals surface area contributed by atoms with Crippen LogP contribution in [-0.4, -0.2) is 5.60 Å². The summed E-state index contributed by atoms with van der Waals surface area (Å²) in [6.45, 7) is 5.98. The van der Waals surface area contributed by atoms with Gasteiger partial charge in [-0.15, -0.1) is 0 Å². The lowest BCUT2D eigenvalue weighted by Gasteiger charge is -2.23. The maximum absolute atomic E-state index is 14.5. The number of aryl methyl sites for hydroxylation is 1. The molecule has 1 aromatic carbocycles. The smallest absolute Gasteiger partial charge is 0.423 e. The Kier molecular flexibility index (Phi) is 4.13. The topological polar surface area (TPSA) is 39.4 Å². The van der Waals surface area contributed by atoms with Gasteiger partial charge in [0.2, 0.25) is 5.82 Å². The molecule has 0 amide bonds. The Labute approximate surface area is 133 Å². The van der Waals surface area contributed by atoms with Gasteiger partial charge in [-0.1, -0.05) is 11.6 Å². The largest absolute Gasteiger partial charge is 0.483 e. The molecule has 0 radical (unpaired) electrons. The summed E-state index contributed by atoms with van der Waals surface area (Å²) >= 11 is 5.93. The van der Waals surface area contributed by atoms with Crippen LogP contribution in [0.5, 0.6) is 5.75 Å². The fourth-order valence-corrected chi connectivity index (χ4v) is 2.35. The summed E-state index contributed by atoms with van der Waals surface area (Å²) in [5, 5.41) is -0.448. The van der Waals surface area contributed by atoms with E-state index < -0.39 is 39.9 Å². The molecule has 0 saturated carbocycles. The van der Waals surface area contributed by atoms with E-state index in [1.807, 2.05) is 0 Å². The first-order chi connectivity index (χ1) is 10.3. The maximum atomic E-state index is 14.5. The van der Waals surface area contributed by atoms with Gasteiger partial charge in [-0.05, 0) is 39.3 Å². The number of rotatable bonds is 1. The van der Waals surface area contributed by atoms with Gasteiger partial charge in [-0.3, -0.25) is 0 Å². The van der Waals surface area contributed by atoms with Crippen LogP contribution >= 0.6 is 11.6 Å². The van der Waals surface area contributed by atoms with Gasteiger partial charge < -0.3 is 9.15 Å². The molecule has 23 heavy (non-hydrogen) atoms. The number of fused-ring (bicyclic) bond motifs is 1. The quantitative estimate of drug-likeness (QED) is 0.530. The lowest BCUT2D eigenvalue weighted by atomic mass is 10.0. The van der Waals surface area contributed by atoms with Crippen molar-refractivity contribution in [3.8, 4) is 5.75 Å². The van der Waals surface area contributed by atoms with Gasteiger partial charge in [-0.2, -0.15) is 17.6 Å². The van der Waals surface area contributed by atoms with Gasteiger partial charge in [0.25, 0.3) is 0 Å². The molecule has 0 saturated heterocycles. The minimum Gasteiger partial charge on any atom is -0.483 e. The van der Waals surface area contributed by atoms with Gasteiger partial charge in [0.1, 0.15) is 11.2 Å². The summed E-state index contributed by atoms with van der Waals surface area (Å²) in [4.78, 5) is 11.6. The Balaban J connectivity index is 2.86. The summed E-state index contributed by atoms with van der Waals surface area (Å²) in [5.41, 5.74) is -5.02. The fourth-order valence-electron chi connectivity index (χ4n) is 2.12. The lowest BCUT2D eigenvalue weighted by molar-refractivity contribution is -0.140. The molecular formula is C15H13ClF4O3. The minimum atomic E-state index is -4.91. The van der Waals surface area contributed by atoms with Crippen LogP contribution in [0, 0.1) is 12.7 Å². The molecule has 8 heteroatoms. The van der Waals surface area contributed by atoms with E-state index in [0.29, 0.717) is 0 Å². The molecule has 1 heterocycles. The van der Waals surface area contributed by atoms with Crippen molar-refractivity contribution in [2.75, 3.05) is 0 Å². The molecule has 0 fully saturated rings. The van der Waals surface area contributed by atoms with Crippen LogP contribution in [0.15, 0.2) is 15.3 Å². The SMILES string of the molecule is Cc1c(C(F)(F)F)c(=O)oc2c(F)c(OC(C)(C)C)c(Cl)cc12. The second-order valence-electron chi connectivity index (χ2n) is 5.98. The molecular weight excluding hydrogens is 340 g/mol. The first-order valence-electron chi connectivity index (χ1n) is 6.54. The minimum absolute atomic E-state index is 0.213. The molecule has 1 aromatic heterocycles. The summed E-state index contributed by atoms with van der Waals surface area (Å²) in [6.07, 6.45) is -4.91. The van der Waals surface area contributed by atoms with E-state index in [9.17, 15) is 22.4 Å². The van der Waals surface area contributed by atoms with E-state index in [1.54, 1.807) is 20.8 Å². The maximum Gasteiger partial charge on any atom is 0.423 e. The standard InChI is InChI=1S/C15H13ClF4O3/c1-6-7-5-8(16)12(23-14(2,3)4)10(17)11(7)22-13(21)9(6)15(18,19)20/h5H,1-4H3. The van der Waals surface area contributed by atoms with E-state index in [4.69, 9.17) is 16.3 Å². The predicted octanol–water partition coefficient (Wildman–Crippen LogP) is 5.09. The van der Waals surface area contributed by atoms with Crippen molar-refractivity contribution in [3.63, 3.8) is 0 Å². The Morgan fingerprint density at radius 1 is 1.22 bits per heavy atom. The zero-order chi connectivity index (χ0) is 17.7. The number of halogens is 5. The third-order valence-corrected chi connectivity index (χ3v) is 3.28. The molecule has 3 nitrogen and oxygen atoms in total. The Hall–Kier alpha value is -1.76. The van der Waals surface area contributed by atoms with E-state index in [0.717, 1.165) is 13.0 Å². The normalized spacial score (nSPS) is 12.7. The summed E-state index contributed by atoms with van der Waals surface area (Å²) < 4.78 is 63.2. The molecule has 0 aliphatic rings. The summed E-state index contributed by atoms with van der Waals surface area (Å²) in [7, 11) is 0. The van der Waals surface area contributed by atoms with Crippen LogP contribution in [0.3, 0.4) is 0 Å². The highest BCUT2D eigenvalue weighted by Crippen LogP contribution is 2.39. The zero-order valence-electron chi connectivity index (χ0n) is 12.7. The molecule has 0 N–H and O–H groups in total. The number of alkyl halides is 3. The van der Waals surface area contributed by atoms with E-state index >= 15 is 0 Å².